The Morgan fingerprint density at radius 1 is 1.39 bits per heavy atom. The average molecular weight is 325 g/mol. The van der Waals surface area contributed by atoms with Crippen molar-refractivity contribution < 1.29 is 4.79 Å². The molecule has 0 saturated heterocycles. The van der Waals surface area contributed by atoms with Crippen LogP contribution in [0.25, 0.3) is 0 Å². The first-order valence-corrected chi connectivity index (χ1v) is 7.06. The summed E-state index contributed by atoms with van der Waals surface area (Å²) in [7, 11) is 0. The van der Waals surface area contributed by atoms with Crippen LogP contribution in [0, 0.1) is 6.92 Å². The van der Waals surface area contributed by atoms with Crippen LogP contribution in [-0.2, 0) is 6.54 Å². The van der Waals surface area contributed by atoms with Crippen molar-refractivity contribution in [1.29, 1.82) is 0 Å². The molecule has 3 N–H and O–H groups in total. The van der Waals surface area contributed by atoms with Gasteiger partial charge in [0.1, 0.15) is 0 Å². The van der Waals surface area contributed by atoms with Crippen molar-refractivity contribution in [3.8, 4) is 0 Å². The second kappa shape index (κ2) is 5.54. The van der Waals surface area contributed by atoms with Gasteiger partial charge in [0.05, 0.1) is 8.66 Å². The maximum Gasteiger partial charge on any atom is 0.261 e. The molecule has 1 amide bonds. The molecule has 2 rings (SSSR count). The first-order chi connectivity index (χ1) is 8.58. The zero-order chi connectivity index (χ0) is 13.1. The standard InChI is InChI=1S/C13H13BrN2OS/c1-8-9(3-2-4-10(8)15)7-16-13(17)11-5-6-12(14)18-11/h2-6H,7,15H2,1H3,(H,16,17). The Hall–Kier alpha value is -1.33. The van der Waals surface area contributed by atoms with Gasteiger partial charge in [-0.3, -0.25) is 4.79 Å². The van der Waals surface area contributed by atoms with Crippen LogP contribution in [-0.4, -0.2) is 5.91 Å². The normalized spacial score (nSPS) is 10.3. The minimum absolute atomic E-state index is 0.0625. The van der Waals surface area contributed by atoms with Crippen LogP contribution >= 0.6 is 27.3 Å². The van der Waals surface area contributed by atoms with Crippen molar-refractivity contribution in [1.82, 2.24) is 5.32 Å². The fourth-order valence-corrected chi connectivity index (χ4v) is 2.90. The molecule has 0 unspecified atom stereocenters. The quantitative estimate of drug-likeness (QED) is 0.851. The molecule has 3 nitrogen and oxygen atoms in total. The molecule has 94 valence electrons. The van der Waals surface area contributed by atoms with Crippen LogP contribution in [0.5, 0.6) is 0 Å². The first kappa shape index (κ1) is 13.1. The number of nitrogen functional groups attached to an aromatic ring is 1. The molecule has 5 heteroatoms. The third kappa shape index (κ3) is 2.91. The summed E-state index contributed by atoms with van der Waals surface area (Å²) < 4.78 is 0.952. The molecule has 0 spiro atoms. The number of rotatable bonds is 3. The van der Waals surface area contributed by atoms with Crippen LogP contribution in [0.3, 0.4) is 0 Å². The predicted octanol–water partition coefficient (Wildman–Crippen LogP) is 3.33. The van der Waals surface area contributed by atoms with Crippen molar-refractivity contribution >= 4 is 38.9 Å². The summed E-state index contributed by atoms with van der Waals surface area (Å²) in [6.45, 7) is 2.45. The van der Waals surface area contributed by atoms with E-state index in [-0.39, 0.29) is 5.91 Å². The molecule has 0 aliphatic heterocycles. The summed E-state index contributed by atoms with van der Waals surface area (Å²) in [5.41, 5.74) is 8.63. The molecular formula is C13H13BrN2OS. The third-order valence-corrected chi connectivity index (χ3v) is 4.35. The number of carbonyl (C=O) groups is 1. The Kier molecular flexibility index (Phi) is 4.04. The summed E-state index contributed by atoms with van der Waals surface area (Å²) >= 11 is 4.76. The van der Waals surface area contributed by atoms with Gasteiger partial charge >= 0.3 is 0 Å². The lowest BCUT2D eigenvalue weighted by Gasteiger charge is -2.09. The lowest BCUT2D eigenvalue weighted by molar-refractivity contribution is 0.0955. The van der Waals surface area contributed by atoms with Gasteiger partial charge in [0.2, 0.25) is 0 Å². The van der Waals surface area contributed by atoms with Crippen molar-refractivity contribution in [2.75, 3.05) is 5.73 Å². The predicted molar refractivity (Wildman–Crippen MR) is 78.8 cm³/mol. The van der Waals surface area contributed by atoms with Crippen molar-refractivity contribution in [3.63, 3.8) is 0 Å². The molecule has 0 aliphatic rings. The van der Waals surface area contributed by atoms with E-state index < -0.39 is 0 Å². The molecule has 0 aliphatic carbocycles. The number of halogens is 1. The topological polar surface area (TPSA) is 55.1 Å². The van der Waals surface area contributed by atoms with E-state index in [1.807, 2.05) is 31.2 Å². The van der Waals surface area contributed by atoms with E-state index in [0.29, 0.717) is 11.4 Å². The summed E-state index contributed by atoms with van der Waals surface area (Å²) in [6, 6.07) is 9.39. The van der Waals surface area contributed by atoms with Gasteiger partial charge in [0.15, 0.2) is 0 Å². The smallest absolute Gasteiger partial charge is 0.261 e. The number of thiophene rings is 1. The van der Waals surface area contributed by atoms with E-state index in [4.69, 9.17) is 5.73 Å². The number of nitrogens with two attached hydrogens (primary N) is 1. The van der Waals surface area contributed by atoms with Crippen LogP contribution in [0.1, 0.15) is 20.8 Å². The van der Waals surface area contributed by atoms with Gasteiger partial charge < -0.3 is 11.1 Å². The Morgan fingerprint density at radius 3 is 2.83 bits per heavy atom. The molecule has 1 aromatic carbocycles. The largest absolute Gasteiger partial charge is 0.399 e. The monoisotopic (exact) mass is 324 g/mol. The van der Waals surface area contributed by atoms with Crippen LogP contribution in [0.15, 0.2) is 34.1 Å². The van der Waals surface area contributed by atoms with E-state index in [9.17, 15) is 4.79 Å². The summed E-state index contributed by atoms with van der Waals surface area (Å²) in [5, 5.41) is 2.89. The maximum atomic E-state index is 11.9. The van der Waals surface area contributed by atoms with Gasteiger partial charge in [-0.05, 0) is 52.2 Å². The van der Waals surface area contributed by atoms with Crippen molar-refractivity contribution in [3.05, 3.63) is 50.1 Å². The minimum atomic E-state index is -0.0625. The lowest BCUT2D eigenvalue weighted by atomic mass is 10.1. The number of hydrogen-bond acceptors (Lipinski definition) is 3. The Balaban J connectivity index is 2.04. The van der Waals surface area contributed by atoms with E-state index in [1.54, 1.807) is 6.07 Å². The number of anilines is 1. The van der Waals surface area contributed by atoms with Gasteiger partial charge in [-0.25, -0.2) is 0 Å². The minimum Gasteiger partial charge on any atom is -0.399 e. The number of amides is 1. The number of benzene rings is 1. The first-order valence-electron chi connectivity index (χ1n) is 5.45. The van der Waals surface area contributed by atoms with E-state index >= 15 is 0 Å². The highest BCUT2D eigenvalue weighted by Gasteiger charge is 2.09. The molecule has 0 atom stereocenters. The number of hydrogen-bond donors (Lipinski definition) is 2. The molecular weight excluding hydrogens is 312 g/mol. The third-order valence-electron chi connectivity index (χ3n) is 2.72. The van der Waals surface area contributed by atoms with E-state index in [0.717, 1.165) is 20.6 Å². The van der Waals surface area contributed by atoms with Crippen molar-refractivity contribution in [2.24, 2.45) is 0 Å². The lowest BCUT2D eigenvalue weighted by Crippen LogP contribution is -2.22. The number of nitrogens with one attached hydrogen (secondary N) is 1. The molecule has 18 heavy (non-hydrogen) atoms. The summed E-state index contributed by atoms with van der Waals surface area (Å²) in [4.78, 5) is 12.6. The second-order valence-corrected chi connectivity index (χ2v) is 6.38. The highest BCUT2D eigenvalue weighted by Crippen LogP contribution is 2.22. The van der Waals surface area contributed by atoms with Gasteiger partial charge in [-0.1, -0.05) is 12.1 Å². The summed E-state index contributed by atoms with van der Waals surface area (Å²) in [6.07, 6.45) is 0. The Morgan fingerprint density at radius 2 is 2.17 bits per heavy atom. The van der Waals surface area contributed by atoms with Crippen LogP contribution < -0.4 is 11.1 Å². The van der Waals surface area contributed by atoms with Crippen LogP contribution in [0.2, 0.25) is 0 Å². The SMILES string of the molecule is Cc1c(N)cccc1CNC(=O)c1ccc(Br)s1. The van der Waals surface area contributed by atoms with Crippen LogP contribution in [0.4, 0.5) is 5.69 Å². The zero-order valence-corrected chi connectivity index (χ0v) is 12.3. The van der Waals surface area contributed by atoms with Crippen molar-refractivity contribution in [2.45, 2.75) is 13.5 Å². The molecule has 1 aromatic heterocycles. The molecule has 0 radical (unpaired) electrons. The van der Waals surface area contributed by atoms with Gasteiger partial charge in [-0.2, -0.15) is 0 Å². The Bertz CT molecular complexity index is 580. The zero-order valence-electron chi connectivity index (χ0n) is 9.87. The van der Waals surface area contributed by atoms with E-state index in [1.165, 1.54) is 11.3 Å². The molecule has 0 saturated carbocycles. The fraction of sp³-hybridized carbons (Fsp3) is 0.154. The maximum absolute atomic E-state index is 11.9. The average Bonchev–Trinajstić information content (AvgIpc) is 2.77. The molecule has 1 heterocycles. The molecule has 2 aromatic rings. The fourth-order valence-electron chi connectivity index (χ4n) is 1.59. The van der Waals surface area contributed by atoms with E-state index in [2.05, 4.69) is 21.2 Å². The number of carbonyl (C=O) groups excluding carboxylic acids is 1. The van der Waals surface area contributed by atoms with Gasteiger partial charge in [0, 0.05) is 12.2 Å². The molecule has 0 fully saturated rings. The second-order valence-electron chi connectivity index (χ2n) is 3.92. The Labute approximate surface area is 118 Å². The summed E-state index contributed by atoms with van der Waals surface area (Å²) in [5.74, 6) is -0.0625. The van der Waals surface area contributed by atoms with Gasteiger partial charge in [0.25, 0.3) is 5.91 Å². The highest BCUT2D eigenvalue weighted by molar-refractivity contribution is 9.11. The van der Waals surface area contributed by atoms with Gasteiger partial charge in [-0.15, -0.1) is 11.3 Å². The highest BCUT2D eigenvalue weighted by atomic mass is 79.9. The molecule has 0 bridgehead atoms.